The van der Waals surface area contributed by atoms with Crippen LogP contribution in [0, 0.1) is 0 Å². The van der Waals surface area contributed by atoms with E-state index >= 15 is 0 Å². The highest BCUT2D eigenvalue weighted by atomic mass is 16.7. The van der Waals surface area contributed by atoms with Crippen molar-refractivity contribution in [3.8, 4) is 0 Å². The number of hydrogen-bond donors (Lipinski definition) is 0. The lowest BCUT2D eigenvalue weighted by Gasteiger charge is -2.02. The predicted octanol–water partition coefficient (Wildman–Crippen LogP) is -0.0442. The molecule has 0 atom stereocenters. The van der Waals surface area contributed by atoms with Crippen LogP contribution < -0.4 is 10.4 Å². The van der Waals surface area contributed by atoms with Gasteiger partial charge >= 0.3 is 0 Å². The number of nitrogens with zero attached hydrogens (tertiary/aromatic N) is 1. The van der Waals surface area contributed by atoms with Gasteiger partial charge in [0.2, 0.25) is 0 Å². The van der Waals surface area contributed by atoms with Crippen LogP contribution >= 0.6 is 0 Å². The van der Waals surface area contributed by atoms with Gasteiger partial charge in [0.1, 0.15) is 0 Å². The van der Waals surface area contributed by atoms with E-state index in [0.29, 0.717) is 11.2 Å². The molecular weight excluding hydrogens is 166 g/mol. The molecule has 0 heterocycles. The molecule has 0 fully saturated rings. The van der Waals surface area contributed by atoms with E-state index in [4.69, 9.17) is 14.9 Å². The second kappa shape index (κ2) is 4.33. The fourth-order valence-electron chi connectivity index (χ4n) is 1.000. The van der Waals surface area contributed by atoms with Crippen molar-refractivity contribution < 1.29 is 9.47 Å². The van der Waals surface area contributed by atoms with E-state index in [1.54, 1.807) is 24.3 Å². The quantitative estimate of drug-likeness (QED) is 0.593. The molecule has 0 unspecified atom stereocenters. The summed E-state index contributed by atoms with van der Waals surface area (Å²) in [6.07, 6.45) is 0. The third-order valence-electron chi connectivity index (χ3n) is 1.62. The molecule has 13 heavy (non-hydrogen) atoms. The summed E-state index contributed by atoms with van der Waals surface area (Å²) < 4.78 is 9.94. The van der Waals surface area contributed by atoms with Crippen LogP contribution in [0.5, 0.6) is 0 Å². The zero-order chi connectivity index (χ0) is 9.68. The molecule has 0 spiro atoms. The van der Waals surface area contributed by atoms with Gasteiger partial charge < -0.3 is 14.9 Å². The van der Waals surface area contributed by atoms with Crippen molar-refractivity contribution >= 4 is 11.8 Å². The van der Waals surface area contributed by atoms with Crippen molar-refractivity contribution in [2.45, 2.75) is 0 Å². The van der Waals surface area contributed by atoms with Crippen molar-refractivity contribution in [2.24, 2.45) is 0 Å². The summed E-state index contributed by atoms with van der Waals surface area (Å²) in [6, 6.07) is 6.99. The Kier molecular flexibility index (Phi) is 3.12. The summed E-state index contributed by atoms with van der Waals surface area (Å²) in [6.45, 7) is 0. The minimum atomic E-state index is 0.449. The van der Waals surface area contributed by atoms with E-state index < -0.39 is 0 Å². The molecule has 1 rings (SSSR count). The molecule has 0 N–H and O–H groups in total. The molecule has 3 nitrogen and oxygen atoms in total. The molecule has 0 radical (unpaired) electrons. The second-order valence-electron chi connectivity index (χ2n) is 2.38. The lowest BCUT2D eigenvalue weighted by atomic mass is 10.3. The largest absolute Gasteiger partial charge is 0.763 e. The Labute approximate surface area is 76.4 Å². The van der Waals surface area contributed by atoms with Crippen LogP contribution in [-0.2, 0) is 9.47 Å². The molecule has 0 aliphatic heterocycles. The fraction of sp³-hybridized carbons (Fsp3) is 0.200. The average Bonchev–Trinajstić information content (AvgIpc) is 2.21. The standard InChI is InChI=1S/C10H10NO2/c1-12-10(13-2)9-5-3-8(7-11)4-6-9/h3-6H,1-2H3/q-1. The van der Waals surface area contributed by atoms with E-state index in [1.165, 1.54) is 14.2 Å². The summed E-state index contributed by atoms with van der Waals surface area (Å²) in [4.78, 5) is 0. The van der Waals surface area contributed by atoms with Gasteiger partial charge in [-0.1, -0.05) is 0 Å². The topological polar surface area (TPSA) is 40.8 Å². The van der Waals surface area contributed by atoms with E-state index in [9.17, 15) is 0 Å². The first kappa shape index (κ1) is 9.36. The normalized spacial score (nSPS) is 8.77. The summed E-state index contributed by atoms with van der Waals surface area (Å²) in [5.41, 5.74) is 0. The Hall–Kier alpha value is -1.73. The summed E-state index contributed by atoms with van der Waals surface area (Å²) in [5, 5.41) is 10.0. The van der Waals surface area contributed by atoms with Gasteiger partial charge in [-0.2, -0.15) is 0 Å². The summed E-state index contributed by atoms with van der Waals surface area (Å²) in [7, 11) is 3.08. The molecule has 1 aromatic carbocycles. The lowest BCUT2D eigenvalue weighted by molar-refractivity contribution is 0.186. The third-order valence-corrected chi connectivity index (χ3v) is 1.62. The molecule has 0 aliphatic carbocycles. The Morgan fingerprint density at radius 2 is 1.69 bits per heavy atom. The maximum absolute atomic E-state index is 8.56. The van der Waals surface area contributed by atoms with Gasteiger partial charge in [0.05, 0.1) is 19.4 Å². The van der Waals surface area contributed by atoms with E-state index in [-0.39, 0.29) is 0 Å². The van der Waals surface area contributed by atoms with Gasteiger partial charge in [0, 0.05) is 0 Å². The molecule has 0 saturated carbocycles. The Balaban J connectivity index is 3.32. The highest BCUT2D eigenvalue weighted by molar-refractivity contribution is 5.54. The van der Waals surface area contributed by atoms with Gasteiger partial charge in [-0.05, 0) is 29.5 Å². The molecule has 3 heteroatoms. The molecule has 0 aromatic heterocycles. The molecule has 68 valence electrons. The molecule has 0 aliphatic rings. The van der Waals surface area contributed by atoms with Crippen LogP contribution in [0.25, 0.3) is 11.4 Å². The number of rotatable bonds is 2. The molecular formula is C10H10NO2-. The lowest BCUT2D eigenvalue weighted by Crippen LogP contribution is -2.12. The van der Waals surface area contributed by atoms with Crippen LogP contribution in [0.1, 0.15) is 0 Å². The van der Waals surface area contributed by atoms with Gasteiger partial charge in [-0.25, -0.2) is 0 Å². The SMILES string of the molecule is COC(OC)=c1ccc(=C=[N-])cc1. The fourth-order valence-corrected chi connectivity index (χ4v) is 1.000. The second-order valence-corrected chi connectivity index (χ2v) is 2.38. The summed E-state index contributed by atoms with van der Waals surface area (Å²) in [5.74, 6) is 2.49. The first-order valence-electron chi connectivity index (χ1n) is 3.77. The smallest absolute Gasteiger partial charge is 0.286 e. The minimum Gasteiger partial charge on any atom is -0.763 e. The molecule has 0 amide bonds. The van der Waals surface area contributed by atoms with Crippen LogP contribution in [0.3, 0.4) is 0 Å². The first-order chi connectivity index (χ1) is 6.31. The highest BCUT2D eigenvalue weighted by Gasteiger charge is 1.93. The number of ether oxygens (including phenoxy) is 2. The maximum Gasteiger partial charge on any atom is 0.286 e. The van der Waals surface area contributed by atoms with Gasteiger partial charge in [0.15, 0.2) is 0 Å². The van der Waals surface area contributed by atoms with E-state index in [1.807, 2.05) is 5.87 Å². The van der Waals surface area contributed by atoms with Crippen LogP contribution in [0.4, 0.5) is 0 Å². The number of methoxy groups -OCH3 is 2. The van der Waals surface area contributed by atoms with Crippen molar-refractivity contribution in [1.29, 1.82) is 0 Å². The van der Waals surface area contributed by atoms with Crippen molar-refractivity contribution in [2.75, 3.05) is 14.2 Å². The molecule has 0 bridgehead atoms. The minimum absolute atomic E-state index is 0.449. The number of benzene rings is 1. The Morgan fingerprint density at radius 1 is 1.15 bits per heavy atom. The first-order valence-corrected chi connectivity index (χ1v) is 3.77. The molecule has 0 saturated heterocycles. The van der Waals surface area contributed by atoms with Crippen molar-refractivity contribution in [3.63, 3.8) is 0 Å². The predicted molar refractivity (Wildman–Crippen MR) is 50.6 cm³/mol. The average molecular weight is 176 g/mol. The number of hydrogen-bond acceptors (Lipinski definition) is 2. The maximum atomic E-state index is 8.56. The summed E-state index contributed by atoms with van der Waals surface area (Å²) >= 11 is 0. The van der Waals surface area contributed by atoms with Crippen LogP contribution in [0.2, 0.25) is 0 Å². The van der Waals surface area contributed by atoms with Crippen molar-refractivity contribution in [3.05, 3.63) is 40.1 Å². The van der Waals surface area contributed by atoms with Gasteiger partial charge in [-0.3, -0.25) is 5.87 Å². The Bertz CT molecular complexity index is 390. The van der Waals surface area contributed by atoms with Gasteiger partial charge in [0.25, 0.3) is 5.95 Å². The monoisotopic (exact) mass is 176 g/mol. The highest BCUT2D eigenvalue weighted by Crippen LogP contribution is 1.91. The molecule has 1 aromatic rings. The third kappa shape index (κ3) is 2.10. The van der Waals surface area contributed by atoms with Gasteiger partial charge in [-0.15, -0.1) is 0 Å². The Morgan fingerprint density at radius 3 is 2.08 bits per heavy atom. The van der Waals surface area contributed by atoms with Crippen molar-refractivity contribution in [1.82, 2.24) is 0 Å². The van der Waals surface area contributed by atoms with E-state index in [0.717, 1.165) is 5.22 Å². The van der Waals surface area contributed by atoms with E-state index in [2.05, 4.69) is 0 Å². The zero-order valence-electron chi connectivity index (χ0n) is 7.57. The van der Waals surface area contributed by atoms with Crippen LogP contribution in [-0.4, -0.2) is 20.1 Å². The van der Waals surface area contributed by atoms with Crippen LogP contribution in [0.15, 0.2) is 24.3 Å². The zero-order valence-corrected chi connectivity index (χ0v) is 7.57.